The summed E-state index contributed by atoms with van der Waals surface area (Å²) in [6, 6.07) is 2.40. The van der Waals surface area contributed by atoms with E-state index in [2.05, 4.69) is 15.6 Å². The van der Waals surface area contributed by atoms with Crippen LogP contribution in [0.25, 0.3) is 0 Å². The number of hydrogen-bond donors (Lipinski definition) is 2. The highest BCUT2D eigenvalue weighted by Gasteiger charge is 2.33. The normalized spacial score (nSPS) is 12.5. The molecule has 11 heteroatoms. The molecule has 1 aromatic rings. The molecule has 24 heavy (non-hydrogen) atoms. The molecule has 0 spiro atoms. The molecule has 0 aromatic heterocycles. The maximum Gasteiger partial charge on any atom is 0.416 e. The Morgan fingerprint density at radius 2 is 1.88 bits per heavy atom. The molecule has 0 aliphatic heterocycles. The first-order valence-corrected chi connectivity index (χ1v) is 8.57. The number of nitrogens with zero attached hydrogens (tertiary/aromatic N) is 1. The monoisotopic (exact) mass is 483 g/mol. The van der Waals surface area contributed by atoms with E-state index in [9.17, 15) is 26.0 Å². The van der Waals surface area contributed by atoms with Gasteiger partial charge in [-0.15, -0.1) is 24.0 Å². The Balaban J connectivity index is 0.00000529. The van der Waals surface area contributed by atoms with Crippen LogP contribution < -0.4 is 10.6 Å². The summed E-state index contributed by atoms with van der Waals surface area (Å²) in [5.41, 5.74) is -1.22. The lowest BCUT2D eigenvalue weighted by molar-refractivity contribution is -0.138. The lowest BCUT2D eigenvalue weighted by Crippen LogP contribution is -2.39. The summed E-state index contributed by atoms with van der Waals surface area (Å²) in [6.07, 6.45) is -3.61. The van der Waals surface area contributed by atoms with Gasteiger partial charge in [-0.05, 0) is 17.7 Å². The van der Waals surface area contributed by atoms with E-state index in [1.54, 1.807) is 0 Å². The summed E-state index contributed by atoms with van der Waals surface area (Å²) in [4.78, 5) is 3.78. The Bertz CT molecular complexity index is 678. The molecule has 0 aliphatic carbocycles. The topological polar surface area (TPSA) is 70.6 Å². The zero-order chi connectivity index (χ0) is 17.7. The summed E-state index contributed by atoms with van der Waals surface area (Å²) in [5.74, 6) is -0.972. The summed E-state index contributed by atoms with van der Waals surface area (Å²) < 4.78 is 73.6. The van der Waals surface area contributed by atoms with E-state index in [1.165, 1.54) is 7.05 Å². The maximum atomic E-state index is 13.0. The molecule has 1 rings (SSSR count). The lowest BCUT2D eigenvalue weighted by atomic mass is 10.1. The Kier molecular flexibility index (Phi) is 8.96. The number of sulfone groups is 1. The standard InChI is InChI=1S/C13H17F4N3O2S.HI/c1-18-12(19-5-6-23(2,21)22)20-8-9-3-4-10(14)7-11(9)13(15,16)17;/h3-4,7H,5-6,8H2,1-2H3,(H2,18,19,20);1H. The van der Waals surface area contributed by atoms with E-state index < -0.39 is 27.4 Å². The predicted molar refractivity (Wildman–Crippen MR) is 94.7 cm³/mol. The summed E-state index contributed by atoms with van der Waals surface area (Å²) in [7, 11) is -1.77. The fourth-order valence-electron chi connectivity index (χ4n) is 1.72. The van der Waals surface area contributed by atoms with Crippen molar-refractivity contribution < 1.29 is 26.0 Å². The maximum absolute atomic E-state index is 13.0. The van der Waals surface area contributed by atoms with Crippen LogP contribution in [0.5, 0.6) is 0 Å². The van der Waals surface area contributed by atoms with Gasteiger partial charge in [0, 0.05) is 26.4 Å². The highest BCUT2D eigenvalue weighted by molar-refractivity contribution is 14.0. The van der Waals surface area contributed by atoms with E-state index in [-0.39, 0.29) is 54.3 Å². The Morgan fingerprint density at radius 1 is 1.25 bits per heavy atom. The fourth-order valence-corrected chi connectivity index (χ4v) is 2.19. The van der Waals surface area contributed by atoms with Crippen molar-refractivity contribution in [3.8, 4) is 0 Å². The van der Waals surface area contributed by atoms with Crippen molar-refractivity contribution in [2.45, 2.75) is 12.7 Å². The molecule has 0 saturated carbocycles. The average Bonchev–Trinajstić information content (AvgIpc) is 2.41. The molecule has 0 saturated heterocycles. The van der Waals surface area contributed by atoms with Crippen molar-refractivity contribution in [1.29, 1.82) is 0 Å². The molecule has 0 heterocycles. The summed E-state index contributed by atoms with van der Waals surface area (Å²) in [6.45, 7) is -0.179. The summed E-state index contributed by atoms with van der Waals surface area (Å²) >= 11 is 0. The van der Waals surface area contributed by atoms with Crippen LogP contribution >= 0.6 is 24.0 Å². The molecule has 1 aromatic carbocycles. The van der Waals surface area contributed by atoms with Gasteiger partial charge in [-0.1, -0.05) is 6.07 Å². The fraction of sp³-hybridized carbons (Fsp3) is 0.462. The molecule has 0 fully saturated rings. The minimum atomic E-state index is -4.67. The first kappa shape index (κ1) is 22.9. The van der Waals surface area contributed by atoms with Crippen molar-refractivity contribution >= 4 is 39.8 Å². The zero-order valence-corrected chi connectivity index (χ0v) is 16.1. The van der Waals surface area contributed by atoms with Crippen LogP contribution in [0.3, 0.4) is 0 Å². The number of benzene rings is 1. The second kappa shape index (κ2) is 9.39. The number of nitrogens with one attached hydrogen (secondary N) is 2. The van der Waals surface area contributed by atoms with Crippen molar-refractivity contribution in [3.63, 3.8) is 0 Å². The third-order valence-corrected chi connectivity index (χ3v) is 3.76. The molecule has 0 unspecified atom stereocenters. The van der Waals surface area contributed by atoms with E-state index in [4.69, 9.17) is 0 Å². The first-order chi connectivity index (χ1) is 10.5. The van der Waals surface area contributed by atoms with Crippen molar-refractivity contribution in [2.75, 3.05) is 25.6 Å². The highest BCUT2D eigenvalue weighted by atomic mass is 127. The van der Waals surface area contributed by atoms with Gasteiger partial charge in [0.25, 0.3) is 0 Å². The number of hydrogen-bond acceptors (Lipinski definition) is 3. The number of guanidine groups is 1. The van der Waals surface area contributed by atoms with Gasteiger partial charge in [-0.25, -0.2) is 12.8 Å². The Labute approximate surface area is 154 Å². The van der Waals surface area contributed by atoms with Gasteiger partial charge in [-0.3, -0.25) is 4.99 Å². The number of alkyl halides is 3. The van der Waals surface area contributed by atoms with Crippen LogP contribution in [0.1, 0.15) is 11.1 Å². The van der Waals surface area contributed by atoms with E-state index >= 15 is 0 Å². The molecule has 5 nitrogen and oxygen atoms in total. The second-order valence-corrected chi connectivity index (χ2v) is 7.04. The first-order valence-electron chi connectivity index (χ1n) is 6.51. The number of rotatable bonds is 5. The smallest absolute Gasteiger partial charge is 0.355 e. The zero-order valence-electron chi connectivity index (χ0n) is 12.9. The van der Waals surface area contributed by atoms with Gasteiger partial charge in [0.05, 0.1) is 11.3 Å². The molecule has 0 radical (unpaired) electrons. The molecular formula is C13H18F4IN3O2S. The van der Waals surface area contributed by atoms with Gasteiger partial charge in [-0.2, -0.15) is 13.2 Å². The van der Waals surface area contributed by atoms with E-state index in [0.717, 1.165) is 18.4 Å². The molecule has 2 N–H and O–H groups in total. The molecule has 0 aliphatic rings. The number of halogens is 5. The van der Waals surface area contributed by atoms with Crippen LogP contribution in [0, 0.1) is 5.82 Å². The third-order valence-electron chi connectivity index (χ3n) is 2.81. The van der Waals surface area contributed by atoms with Gasteiger partial charge >= 0.3 is 6.18 Å². The number of aliphatic imine (C=N–C) groups is 1. The van der Waals surface area contributed by atoms with E-state index in [0.29, 0.717) is 6.07 Å². The van der Waals surface area contributed by atoms with Gasteiger partial charge in [0.2, 0.25) is 0 Å². The van der Waals surface area contributed by atoms with Gasteiger partial charge < -0.3 is 10.6 Å². The largest absolute Gasteiger partial charge is 0.416 e. The Hall–Kier alpha value is -1.11. The predicted octanol–water partition coefficient (Wildman–Crippen LogP) is 2.17. The van der Waals surface area contributed by atoms with E-state index in [1.807, 2.05) is 0 Å². The quantitative estimate of drug-likeness (QED) is 0.292. The van der Waals surface area contributed by atoms with Crippen molar-refractivity contribution in [2.24, 2.45) is 4.99 Å². The van der Waals surface area contributed by atoms with Crippen LogP contribution in [0.4, 0.5) is 17.6 Å². The molecule has 0 atom stereocenters. The van der Waals surface area contributed by atoms with Crippen LogP contribution in [-0.2, 0) is 22.6 Å². The minimum absolute atomic E-state index is 0. The van der Waals surface area contributed by atoms with Crippen LogP contribution in [-0.4, -0.2) is 40.0 Å². The highest BCUT2D eigenvalue weighted by Crippen LogP contribution is 2.32. The van der Waals surface area contributed by atoms with Crippen molar-refractivity contribution in [3.05, 3.63) is 35.1 Å². The average molecular weight is 483 g/mol. The summed E-state index contributed by atoms with van der Waals surface area (Å²) in [5, 5.41) is 5.30. The lowest BCUT2D eigenvalue weighted by Gasteiger charge is -2.15. The van der Waals surface area contributed by atoms with Gasteiger partial charge in [0.1, 0.15) is 15.7 Å². The Morgan fingerprint density at radius 3 is 2.38 bits per heavy atom. The molecule has 0 amide bonds. The second-order valence-electron chi connectivity index (χ2n) is 4.78. The molecular weight excluding hydrogens is 465 g/mol. The van der Waals surface area contributed by atoms with Crippen molar-refractivity contribution in [1.82, 2.24) is 10.6 Å². The van der Waals surface area contributed by atoms with Crippen LogP contribution in [0.2, 0.25) is 0 Å². The van der Waals surface area contributed by atoms with Crippen LogP contribution in [0.15, 0.2) is 23.2 Å². The molecule has 0 bridgehead atoms. The minimum Gasteiger partial charge on any atom is -0.355 e. The molecule has 138 valence electrons. The van der Waals surface area contributed by atoms with Gasteiger partial charge in [0.15, 0.2) is 5.96 Å². The SMILES string of the molecule is CN=C(NCCS(C)(=O)=O)NCc1ccc(F)cc1C(F)(F)F.I. The third kappa shape index (κ3) is 8.13.